The second-order valence-corrected chi connectivity index (χ2v) is 6.74. The molecule has 1 fully saturated rings. The number of nitrogens with one attached hydrogen (secondary N) is 1. The van der Waals surface area contributed by atoms with Gasteiger partial charge in [0.1, 0.15) is 0 Å². The van der Waals surface area contributed by atoms with Crippen LogP contribution in [0.4, 0.5) is 0 Å². The lowest BCUT2D eigenvalue weighted by molar-refractivity contribution is -0.161. The summed E-state index contributed by atoms with van der Waals surface area (Å²) in [5.74, 6) is -1.95. The lowest BCUT2D eigenvalue weighted by Gasteiger charge is -2.33. The van der Waals surface area contributed by atoms with E-state index in [9.17, 15) is 9.59 Å². The van der Waals surface area contributed by atoms with Gasteiger partial charge in [0.2, 0.25) is 0 Å². The van der Waals surface area contributed by atoms with Crippen molar-refractivity contribution in [1.82, 2.24) is 4.98 Å². The number of fused-ring (bicyclic) bond motifs is 1. The topological polar surface area (TPSA) is 68.4 Å². The molecule has 0 bridgehead atoms. The third kappa shape index (κ3) is 3.41. The van der Waals surface area contributed by atoms with E-state index in [0.29, 0.717) is 0 Å². The zero-order valence-electron chi connectivity index (χ0n) is 14.8. The molecule has 1 aliphatic carbocycles. The highest BCUT2D eigenvalue weighted by Crippen LogP contribution is 2.43. The molecule has 25 heavy (non-hydrogen) atoms. The molecular weight excluding hydrogens is 318 g/mol. The molecule has 134 valence electrons. The van der Waals surface area contributed by atoms with Gasteiger partial charge in [0.15, 0.2) is 5.92 Å². The maximum atomic E-state index is 12.5. The predicted octanol–water partition coefficient (Wildman–Crippen LogP) is 3.79. The molecule has 1 saturated carbocycles. The number of hydrogen-bond acceptors (Lipinski definition) is 4. The van der Waals surface area contributed by atoms with Gasteiger partial charge in [0.25, 0.3) is 0 Å². The van der Waals surface area contributed by atoms with Gasteiger partial charge in [-0.3, -0.25) is 9.59 Å². The number of para-hydroxylation sites is 1. The average Bonchev–Trinajstić information content (AvgIpc) is 3.09. The van der Waals surface area contributed by atoms with E-state index < -0.39 is 17.9 Å². The van der Waals surface area contributed by atoms with Crippen LogP contribution in [-0.4, -0.2) is 31.1 Å². The number of aromatic nitrogens is 1. The Morgan fingerprint density at radius 1 is 1.04 bits per heavy atom. The van der Waals surface area contributed by atoms with Crippen molar-refractivity contribution in [2.75, 3.05) is 14.2 Å². The van der Waals surface area contributed by atoms with Crippen LogP contribution >= 0.6 is 0 Å². The Bertz CT molecular complexity index is 729. The fourth-order valence-electron chi connectivity index (χ4n) is 4.21. The van der Waals surface area contributed by atoms with Gasteiger partial charge in [-0.2, -0.15) is 0 Å². The highest BCUT2D eigenvalue weighted by Gasteiger charge is 2.43. The normalized spacial score (nSPS) is 16.8. The van der Waals surface area contributed by atoms with Crippen LogP contribution in [0, 0.1) is 11.8 Å². The first kappa shape index (κ1) is 17.5. The van der Waals surface area contributed by atoms with E-state index in [4.69, 9.17) is 9.47 Å². The SMILES string of the molecule is COC(=O)C(C(=O)OC)C(c1c[nH]c2ccccc12)C1CCCCC1. The molecule has 0 saturated heterocycles. The quantitative estimate of drug-likeness (QED) is 0.662. The van der Waals surface area contributed by atoms with Crippen molar-refractivity contribution in [3.05, 3.63) is 36.0 Å². The van der Waals surface area contributed by atoms with Gasteiger partial charge in [-0.1, -0.05) is 37.5 Å². The van der Waals surface area contributed by atoms with E-state index >= 15 is 0 Å². The fourth-order valence-corrected chi connectivity index (χ4v) is 4.21. The molecule has 0 aliphatic heterocycles. The molecule has 1 aromatic carbocycles. The molecule has 0 radical (unpaired) electrons. The fraction of sp³-hybridized carbons (Fsp3) is 0.500. The zero-order valence-corrected chi connectivity index (χ0v) is 14.8. The van der Waals surface area contributed by atoms with Gasteiger partial charge in [-0.05, 0) is 30.4 Å². The number of rotatable bonds is 5. The summed E-state index contributed by atoms with van der Waals surface area (Å²) in [6.45, 7) is 0. The van der Waals surface area contributed by atoms with Crippen LogP contribution < -0.4 is 0 Å². The summed E-state index contributed by atoms with van der Waals surface area (Å²) in [4.78, 5) is 28.3. The van der Waals surface area contributed by atoms with Gasteiger partial charge in [-0.15, -0.1) is 0 Å². The van der Waals surface area contributed by atoms with Gasteiger partial charge in [-0.25, -0.2) is 0 Å². The molecule has 3 rings (SSSR count). The molecule has 2 aromatic rings. The molecule has 0 spiro atoms. The minimum absolute atomic E-state index is 0.239. The summed E-state index contributed by atoms with van der Waals surface area (Å²) in [6.07, 6.45) is 7.40. The third-order valence-electron chi connectivity index (χ3n) is 5.41. The van der Waals surface area contributed by atoms with E-state index in [0.717, 1.165) is 42.1 Å². The Morgan fingerprint density at radius 2 is 1.68 bits per heavy atom. The van der Waals surface area contributed by atoms with E-state index in [-0.39, 0.29) is 11.8 Å². The minimum atomic E-state index is -0.933. The Balaban J connectivity index is 2.10. The minimum Gasteiger partial charge on any atom is -0.468 e. The first-order chi connectivity index (χ1) is 12.2. The van der Waals surface area contributed by atoms with Crippen LogP contribution in [0.25, 0.3) is 10.9 Å². The smallest absolute Gasteiger partial charge is 0.320 e. The Morgan fingerprint density at radius 3 is 2.32 bits per heavy atom. The summed E-state index contributed by atoms with van der Waals surface area (Å²) < 4.78 is 9.93. The van der Waals surface area contributed by atoms with Crippen LogP contribution in [0.3, 0.4) is 0 Å². The van der Waals surface area contributed by atoms with Gasteiger partial charge >= 0.3 is 11.9 Å². The zero-order chi connectivity index (χ0) is 17.8. The predicted molar refractivity (Wildman–Crippen MR) is 95.1 cm³/mol. The second-order valence-electron chi connectivity index (χ2n) is 6.74. The van der Waals surface area contributed by atoms with Crippen molar-refractivity contribution in [1.29, 1.82) is 0 Å². The first-order valence-corrected chi connectivity index (χ1v) is 8.89. The monoisotopic (exact) mass is 343 g/mol. The summed E-state index contributed by atoms with van der Waals surface area (Å²) in [7, 11) is 2.65. The lowest BCUT2D eigenvalue weighted by atomic mass is 9.70. The molecular formula is C20H25NO4. The number of hydrogen-bond donors (Lipinski definition) is 1. The van der Waals surface area contributed by atoms with Crippen molar-refractivity contribution in [3.8, 4) is 0 Å². The van der Waals surface area contributed by atoms with Crippen molar-refractivity contribution in [2.45, 2.75) is 38.0 Å². The summed E-state index contributed by atoms with van der Waals surface area (Å²) in [6, 6.07) is 7.98. The summed E-state index contributed by atoms with van der Waals surface area (Å²) >= 11 is 0. The Labute approximate surface area is 147 Å². The molecule has 1 N–H and O–H groups in total. The van der Waals surface area contributed by atoms with Gasteiger partial charge < -0.3 is 14.5 Å². The molecule has 5 nitrogen and oxygen atoms in total. The highest BCUT2D eigenvalue weighted by atomic mass is 16.5. The van der Waals surface area contributed by atoms with Crippen molar-refractivity contribution in [3.63, 3.8) is 0 Å². The van der Waals surface area contributed by atoms with Crippen LogP contribution in [0.2, 0.25) is 0 Å². The molecule has 1 aliphatic rings. The van der Waals surface area contributed by atoms with Crippen LogP contribution in [0.5, 0.6) is 0 Å². The first-order valence-electron chi connectivity index (χ1n) is 8.89. The molecule has 1 unspecified atom stereocenters. The Kier molecular flexibility index (Phi) is 5.41. The number of benzene rings is 1. The number of carbonyl (C=O) groups is 2. The number of carbonyl (C=O) groups excluding carboxylic acids is 2. The van der Waals surface area contributed by atoms with E-state index in [2.05, 4.69) is 4.98 Å². The van der Waals surface area contributed by atoms with Crippen LogP contribution in [0.15, 0.2) is 30.5 Å². The van der Waals surface area contributed by atoms with Crippen molar-refractivity contribution in [2.24, 2.45) is 11.8 Å². The maximum Gasteiger partial charge on any atom is 0.320 e. The number of esters is 2. The largest absolute Gasteiger partial charge is 0.468 e. The highest BCUT2D eigenvalue weighted by molar-refractivity contribution is 5.97. The average molecular weight is 343 g/mol. The van der Waals surface area contributed by atoms with E-state index in [1.165, 1.54) is 20.6 Å². The summed E-state index contributed by atoms with van der Waals surface area (Å²) in [5.41, 5.74) is 2.01. The summed E-state index contributed by atoms with van der Waals surface area (Å²) in [5, 5.41) is 1.05. The van der Waals surface area contributed by atoms with Gasteiger partial charge in [0, 0.05) is 23.0 Å². The number of ether oxygens (including phenoxy) is 2. The van der Waals surface area contributed by atoms with Gasteiger partial charge in [0.05, 0.1) is 14.2 Å². The Hall–Kier alpha value is -2.30. The molecule has 1 aromatic heterocycles. The molecule has 1 heterocycles. The maximum absolute atomic E-state index is 12.5. The number of H-pyrrole nitrogens is 1. The molecule has 5 heteroatoms. The number of methoxy groups -OCH3 is 2. The van der Waals surface area contributed by atoms with Crippen molar-refractivity contribution < 1.29 is 19.1 Å². The van der Waals surface area contributed by atoms with Crippen LogP contribution in [-0.2, 0) is 19.1 Å². The van der Waals surface area contributed by atoms with E-state index in [1.54, 1.807) is 0 Å². The van der Waals surface area contributed by atoms with Crippen LogP contribution in [0.1, 0.15) is 43.6 Å². The number of aromatic amines is 1. The third-order valence-corrected chi connectivity index (χ3v) is 5.41. The standard InChI is InChI=1S/C20H25NO4/c1-24-19(22)18(20(23)25-2)17(13-8-4-3-5-9-13)15-12-21-16-11-7-6-10-14(15)16/h6-7,10-13,17-18,21H,3-5,8-9H2,1-2H3. The molecule has 1 atom stereocenters. The van der Waals surface area contributed by atoms with Crippen molar-refractivity contribution >= 4 is 22.8 Å². The molecule has 0 amide bonds. The lowest BCUT2D eigenvalue weighted by Crippen LogP contribution is -2.36. The second kappa shape index (κ2) is 7.72. The van der Waals surface area contributed by atoms with E-state index in [1.807, 2.05) is 30.5 Å².